The maximum Gasteiger partial charge on any atom is 1.00 e. The maximum atomic E-state index is 9.90. The van der Waals surface area contributed by atoms with Gasteiger partial charge in [0.15, 0.2) is 6.29 Å². The van der Waals surface area contributed by atoms with Crippen molar-refractivity contribution in [2.75, 3.05) is 6.61 Å². The van der Waals surface area contributed by atoms with Crippen LogP contribution in [0.15, 0.2) is 0 Å². The minimum absolute atomic E-state index is 0. The first-order valence-electron chi connectivity index (χ1n) is 6.80. The predicted molar refractivity (Wildman–Crippen MR) is 70.9 cm³/mol. The molecule has 8 nitrogen and oxygen atoms in total. The maximum absolute atomic E-state index is 9.90. The molecule has 0 aliphatic rings. The van der Waals surface area contributed by atoms with E-state index < -0.39 is 37.0 Å². The van der Waals surface area contributed by atoms with E-state index >= 15 is 0 Å². The Kier molecular flexibility index (Phi) is 22.3. The van der Waals surface area contributed by atoms with Gasteiger partial charge >= 0.3 is 51.4 Å². The molecule has 0 aromatic carbocycles. The van der Waals surface area contributed by atoms with E-state index in [4.69, 9.17) is 25.5 Å². The normalized spacial score (nSPS) is 15.4. The molecule has 5 N–H and O–H groups in total. The largest absolute Gasteiger partial charge is 1.00 e. The Morgan fingerprint density at radius 2 is 1.64 bits per heavy atom. The molecule has 0 aliphatic heterocycles. The fourth-order valence-corrected chi connectivity index (χ4v) is 1.31. The van der Waals surface area contributed by atoms with E-state index in [1.54, 1.807) is 0 Å². The molecule has 9 heteroatoms. The summed E-state index contributed by atoms with van der Waals surface area (Å²) in [4.78, 5) is 19.7. The van der Waals surface area contributed by atoms with Crippen molar-refractivity contribution >= 4 is 12.3 Å². The molecule has 0 aliphatic carbocycles. The number of rotatable bonds is 10. The van der Waals surface area contributed by atoms with E-state index in [0.29, 0.717) is 0 Å². The van der Waals surface area contributed by atoms with Crippen LogP contribution in [-0.4, -0.2) is 68.8 Å². The van der Waals surface area contributed by atoms with Gasteiger partial charge in [-0.05, 0) is 12.8 Å². The number of aliphatic hydroxyl groups excluding tert-OH is 5. The van der Waals surface area contributed by atoms with Crippen LogP contribution in [0.2, 0.25) is 0 Å². The topological polar surface area (TPSA) is 158 Å². The molecule has 0 saturated heterocycles. The molecule has 0 rings (SSSR count). The second-order valence-corrected chi connectivity index (χ2v) is 4.54. The fraction of sp³-hybridized carbons (Fsp3) is 0.846. The first-order valence-corrected chi connectivity index (χ1v) is 6.80. The van der Waals surface area contributed by atoms with Crippen molar-refractivity contribution in [3.63, 3.8) is 0 Å². The summed E-state index contributed by atoms with van der Waals surface area (Å²) >= 11 is 0. The van der Waals surface area contributed by atoms with Gasteiger partial charge in [-0.25, -0.2) is 0 Å². The van der Waals surface area contributed by atoms with Gasteiger partial charge in [-0.3, -0.25) is 0 Å². The minimum atomic E-state index is -1.79. The summed E-state index contributed by atoms with van der Waals surface area (Å²) in [5, 5.41) is 53.4. The van der Waals surface area contributed by atoms with Crippen molar-refractivity contribution < 1.29 is 91.6 Å². The Hall–Kier alpha value is 0.576. The van der Waals surface area contributed by atoms with Gasteiger partial charge in [-0.15, -0.1) is 0 Å². The first-order chi connectivity index (χ1) is 9.81. The first kappa shape index (κ1) is 27.4. The van der Waals surface area contributed by atoms with Gasteiger partial charge in [0.1, 0.15) is 24.4 Å². The monoisotopic (exact) mass is 348 g/mol. The average molecular weight is 348 g/mol. The zero-order valence-electron chi connectivity index (χ0n) is 13.1. The number of aliphatic hydroxyl groups is 5. The summed E-state index contributed by atoms with van der Waals surface area (Å²) in [6.07, 6.45) is -2.55. The Labute approximate surface area is 172 Å². The number of hydrogen-bond donors (Lipinski definition) is 5. The zero-order valence-corrected chi connectivity index (χ0v) is 16.2. The molecule has 0 saturated carbocycles. The van der Waals surface area contributed by atoms with Crippen molar-refractivity contribution in [3.05, 3.63) is 0 Å². The second kappa shape index (κ2) is 17.9. The molecule has 22 heavy (non-hydrogen) atoms. The number of carbonyl (C=O) groups excluding carboxylic acids is 2. The van der Waals surface area contributed by atoms with Crippen molar-refractivity contribution in [3.8, 4) is 0 Å². The standard InChI is InChI=1S/C7H14O2.C6H12O6.K/c1-2-3-4-5-6-7(8)9;7-1-3(9)5(11)6(12)4(10)2-8;/h2-6H2,1H3,(H,8,9);1,3-6,8-12H,2H2;/q;;+1/p-1. The van der Waals surface area contributed by atoms with E-state index in [1.807, 2.05) is 0 Å². The van der Waals surface area contributed by atoms with E-state index in [9.17, 15) is 14.7 Å². The molecule has 4 unspecified atom stereocenters. The van der Waals surface area contributed by atoms with Gasteiger partial charge in [0, 0.05) is 5.97 Å². The molecule has 0 bridgehead atoms. The van der Waals surface area contributed by atoms with Crippen LogP contribution in [0.4, 0.5) is 0 Å². The number of carbonyl (C=O) groups is 2. The summed E-state index contributed by atoms with van der Waals surface area (Å²) in [5.41, 5.74) is 0. The second-order valence-electron chi connectivity index (χ2n) is 4.54. The third-order valence-electron chi connectivity index (χ3n) is 2.65. The van der Waals surface area contributed by atoms with E-state index in [1.165, 1.54) is 0 Å². The van der Waals surface area contributed by atoms with E-state index in [2.05, 4.69) is 6.92 Å². The minimum Gasteiger partial charge on any atom is -0.550 e. The molecule has 0 fully saturated rings. The summed E-state index contributed by atoms with van der Waals surface area (Å²) in [6.45, 7) is 1.34. The Bertz CT molecular complexity index is 277. The van der Waals surface area contributed by atoms with Crippen LogP contribution in [0, 0.1) is 0 Å². The van der Waals surface area contributed by atoms with Crippen LogP contribution in [-0.2, 0) is 9.59 Å². The van der Waals surface area contributed by atoms with Gasteiger partial charge in [-0.2, -0.15) is 0 Å². The number of carboxylic acid groups (broad SMARTS) is 1. The number of carboxylic acids is 1. The van der Waals surface area contributed by atoms with Crippen LogP contribution in [0.25, 0.3) is 0 Å². The summed E-state index contributed by atoms with van der Waals surface area (Å²) in [5.74, 6) is -0.925. The quantitative estimate of drug-likeness (QED) is 0.148. The molecule has 0 heterocycles. The third kappa shape index (κ3) is 15.5. The average Bonchev–Trinajstić information content (AvgIpc) is 2.48. The smallest absolute Gasteiger partial charge is 0.550 e. The van der Waals surface area contributed by atoms with Crippen LogP contribution in [0.1, 0.15) is 39.0 Å². The van der Waals surface area contributed by atoms with Crippen LogP contribution in [0.3, 0.4) is 0 Å². The number of hydrogen-bond acceptors (Lipinski definition) is 8. The zero-order chi connectivity index (χ0) is 16.8. The SMILES string of the molecule is CCCCCCC(=O)[O-].O=CC(O)C(O)C(O)C(O)CO.[K+]. The molecule has 0 radical (unpaired) electrons. The number of unbranched alkanes of at least 4 members (excludes halogenated alkanes) is 3. The Balaban J connectivity index is -0.000000326. The van der Waals surface area contributed by atoms with Gasteiger partial charge in [0.25, 0.3) is 0 Å². The predicted octanol–water partition coefficient (Wildman–Crippen LogP) is -5.67. The fourth-order valence-electron chi connectivity index (χ4n) is 1.31. The molecule has 0 aromatic heterocycles. The number of aldehydes is 1. The van der Waals surface area contributed by atoms with Crippen molar-refractivity contribution in [1.29, 1.82) is 0 Å². The number of aliphatic carboxylic acids is 1. The molecular weight excluding hydrogens is 323 g/mol. The Morgan fingerprint density at radius 3 is 2.00 bits per heavy atom. The Morgan fingerprint density at radius 1 is 1.09 bits per heavy atom. The van der Waals surface area contributed by atoms with Gasteiger partial charge < -0.3 is 40.2 Å². The molecule has 126 valence electrons. The van der Waals surface area contributed by atoms with Gasteiger partial charge in [-0.1, -0.05) is 26.2 Å². The van der Waals surface area contributed by atoms with Crippen LogP contribution in [0.5, 0.6) is 0 Å². The molecule has 0 spiro atoms. The van der Waals surface area contributed by atoms with Gasteiger partial charge in [0.05, 0.1) is 6.61 Å². The summed E-state index contributed by atoms with van der Waals surface area (Å²) < 4.78 is 0. The summed E-state index contributed by atoms with van der Waals surface area (Å²) in [6, 6.07) is 0. The van der Waals surface area contributed by atoms with Crippen molar-refractivity contribution in [2.45, 2.75) is 63.4 Å². The molecule has 0 amide bonds. The van der Waals surface area contributed by atoms with Crippen LogP contribution >= 0.6 is 0 Å². The molecular formula is C13H25KO8. The molecule has 4 atom stereocenters. The van der Waals surface area contributed by atoms with Gasteiger partial charge in [0.2, 0.25) is 0 Å². The van der Waals surface area contributed by atoms with Crippen molar-refractivity contribution in [2.24, 2.45) is 0 Å². The molecule has 0 aromatic rings. The van der Waals surface area contributed by atoms with E-state index in [0.717, 1.165) is 25.7 Å². The third-order valence-corrected chi connectivity index (χ3v) is 2.65. The van der Waals surface area contributed by atoms with E-state index in [-0.39, 0.29) is 64.1 Å². The van der Waals surface area contributed by atoms with Crippen molar-refractivity contribution in [1.82, 2.24) is 0 Å². The summed E-state index contributed by atoms with van der Waals surface area (Å²) in [7, 11) is 0. The van der Waals surface area contributed by atoms with Crippen LogP contribution < -0.4 is 56.5 Å².